The molecule has 0 unspecified atom stereocenters. The van der Waals surface area contributed by atoms with Crippen molar-refractivity contribution in [2.75, 3.05) is 0 Å². The van der Waals surface area contributed by atoms with Gasteiger partial charge in [0.15, 0.2) is 0 Å². The van der Waals surface area contributed by atoms with Crippen LogP contribution in [-0.2, 0) is 0 Å². The standard InChI is InChI=1S/C33H34N2S2/c1-22(26-12-7-5-8-13-26)34-20-28-18-32(24(3)36-28)30-16-11-17-31(30)33-19-29(37-25(33)4)21-35-23(2)27-14-9-6-10-15-27/h5-10,12-15,18-23H,11,16-17H2,1-4H3/t22-,23-/m1/s1. The molecular formula is C33H34N2S2. The Hall–Kier alpha value is -3.08. The molecule has 2 nitrogen and oxygen atoms in total. The largest absolute Gasteiger partial charge is 0.284 e. The zero-order chi connectivity index (χ0) is 25.8. The van der Waals surface area contributed by atoms with E-state index in [1.54, 1.807) is 0 Å². The van der Waals surface area contributed by atoms with Crippen LogP contribution in [0.25, 0.3) is 11.1 Å². The summed E-state index contributed by atoms with van der Waals surface area (Å²) in [4.78, 5) is 14.9. The summed E-state index contributed by atoms with van der Waals surface area (Å²) in [6.07, 6.45) is 7.64. The molecule has 0 amide bonds. The molecule has 4 aromatic rings. The molecule has 0 bridgehead atoms. The van der Waals surface area contributed by atoms with Crippen molar-refractivity contribution >= 4 is 46.2 Å². The summed E-state index contributed by atoms with van der Waals surface area (Å²) >= 11 is 3.70. The molecule has 2 heterocycles. The van der Waals surface area contributed by atoms with Gasteiger partial charge in [0.2, 0.25) is 0 Å². The summed E-state index contributed by atoms with van der Waals surface area (Å²) in [6, 6.07) is 26.0. The first kappa shape index (κ1) is 25.6. The van der Waals surface area contributed by atoms with Gasteiger partial charge in [-0.2, -0.15) is 0 Å². The van der Waals surface area contributed by atoms with Gasteiger partial charge in [-0.25, -0.2) is 0 Å². The summed E-state index contributed by atoms with van der Waals surface area (Å²) in [5.41, 5.74) is 8.35. The van der Waals surface area contributed by atoms with Crippen LogP contribution in [0.2, 0.25) is 0 Å². The quantitative estimate of drug-likeness (QED) is 0.206. The van der Waals surface area contributed by atoms with Gasteiger partial charge >= 0.3 is 0 Å². The van der Waals surface area contributed by atoms with Crippen molar-refractivity contribution in [3.8, 4) is 0 Å². The fourth-order valence-corrected chi connectivity index (χ4v) is 6.95. The highest BCUT2D eigenvalue weighted by Gasteiger charge is 2.22. The van der Waals surface area contributed by atoms with E-state index in [9.17, 15) is 0 Å². The van der Waals surface area contributed by atoms with Gasteiger partial charge in [0.25, 0.3) is 0 Å². The highest BCUT2D eigenvalue weighted by Crippen LogP contribution is 2.44. The molecule has 5 rings (SSSR count). The minimum atomic E-state index is 0.159. The van der Waals surface area contributed by atoms with Crippen LogP contribution in [0.15, 0.2) is 82.8 Å². The molecular weight excluding hydrogens is 489 g/mol. The molecule has 0 saturated heterocycles. The Morgan fingerprint density at radius 1 is 0.649 bits per heavy atom. The SMILES string of the molecule is Cc1sc(C=N[C@H](C)c2ccccc2)cc1C1=C(c2cc(C=N[C@H](C)c3ccccc3)sc2C)CCC1. The third-order valence-electron chi connectivity index (χ3n) is 7.16. The molecule has 0 spiro atoms. The maximum Gasteiger partial charge on any atom is 0.0721 e. The van der Waals surface area contributed by atoms with Gasteiger partial charge in [0.1, 0.15) is 0 Å². The van der Waals surface area contributed by atoms with Gasteiger partial charge in [0, 0.05) is 31.9 Å². The van der Waals surface area contributed by atoms with E-state index in [1.807, 2.05) is 22.7 Å². The molecule has 1 aliphatic carbocycles. The van der Waals surface area contributed by atoms with E-state index in [0.717, 1.165) is 12.8 Å². The van der Waals surface area contributed by atoms with Crippen molar-refractivity contribution in [3.63, 3.8) is 0 Å². The molecule has 2 aromatic carbocycles. The van der Waals surface area contributed by atoms with Crippen LogP contribution in [0.3, 0.4) is 0 Å². The second-order valence-corrected chi connectivity index (χ2v) is 12.4. The number of benzene rings is 2. The third kappa shape index (κ3) is 5.92. The molecule has 0 N–H and O–H groups in total. The Balaban J connectivity index is 1.38. The number of aliphatic imine (C=N–C) groups is 2. The maximum atomic E-state index is 4.85. The molecule has 0 saturated carbocycles. The van der Waals surface area contributed by atoms with E-state index in [1.165, 1.54) is 59.3 Å². The van der Waals surface area contributed by atoms with Gasteiger partial charge in [-0.1, -0.05) is 60.7 Å². The summed E-state index contributed by atoms with van der Waals surface area (Å²) in [5, 5.41) is 0. The van der Waals surface area contributed by atoms with Gasteiger partial charge in [0.05, 0.1) is 12.1 Å². The molecule has 2 atom stereocenters. The van der Waals surface area contributed by atoms with E-state index in [0.29, 0.717) is 0 Å². The van der Waals surface area contributed by atoms with E-state index in [4.69, 9.17) is 9.98 Å². The van der Waals surface area contributed by atoms with E-state index < -0.39 is 0 Å². The second-order valence-electron chi connectivity index (χ2n) is 9.78. The van der Waals surface area contributed by atoms with Crippen molar-refractivity contribution in [1.29, 1.82) is 0 Å². The maximum absolute atomic E-state index is 4.85. The summed E-state index contributed by atoms with van der Waals surface area (Å²) in [7, 11) is 0. The number of allylic oxidation sites excluding steroid dienone is 2. The lowest BCUT2D eigenvalue weighted by molar-refractivity contribution is 0.825. The Labute approximate surface area is 229 Å². The predicted octanol–water partition coefficient (Wildman–Crippen LogP) is 9.88. The normalized spacial score (nSPS) is 15.8. The van der Waals surface area contributed by atoms with Crippen molar-refractivity contribution < 1.29 is 0 Å². The van der Waals surface area contributed by atoms with Crippen molar-refractivity contribution in [3.05, 3.63) is 115 Å². The van der Waals surface area contributed by atoms with E-state index in [2.05, 4.69) is 113 Å². The van der Waals surface area contributed by atoms with Crippen molar-refractivity contribution in [2.24, 2.45) is 9.98 Å². The molecule has 0 radical (unpaired) electrons. The first-order valence-electron chi connectivity index (χ1n) is 13.1. The van der Waals surface area contributed by atoms with Crippen LogP contribution in [-0.4, -0.2) is 12.4 Å². The van der Waals surface area contributed by atoms with Crippen molar-refractivity contribution in [1.82, 2.24) is 0 Å². The molecule has 37 heavy (non-hydrogen) atoms. The molecule has 1 aliphatic rings. The molecule has 4 heteroatoms. The lowest BCUT2D eigenvalue weighted by Crippen LogP contribution is -1.90. The number of aryl methyl sites for hydroxylation is 2. The summed E-state index contributed by atoms with van der Waals surface area (Å²) in [5.74, 6) is 0. The van der Waals surface area contributed by atoms with Crippen LogP contribution in [0.4, 0.5) is 0 Å². The molecule has 0 aliphatic heterocycles. The molecule has 188 valence electrons. The highest BCUT2D eigenvalue weighted by molar-refractivity contribution is 7.14. The minimum Gasteiger partial charge on any atom is -0.284 e. The fraction of sp³-hybridized carbons (Fsp3) is 0.273. The Morgan fingerprint density at radius 2 is 1.05 bits per heavy atom. The van der Waals surface area contributed by atoms with Crippen LogP contribution in [0, 0.1) is 13.8 Å². The van der Waals surface area contributed by atoms with Gasteiger partial charge in [-0.3, -0.25) is 9.98 Å². The monoisotopic (exact) mass is 522 g/mol. The van der Waals surface area contributed by atoms with E-state index >= 15 is 0 Å². The molecule has 2 aromatic heterocycles. The summed E-state index contributed by atoms with van der Waals surface area (Å²) < 4.78 is 0. The smallest absolute Gasteiger partial charge is 0.0721 e. The number of hydrogen-bond donors (Lipinski definition) is 0. The van der Waals surface area contributed by atoms with Gasteiger partial charge in [-0.05, 0) is 92.5 Å². The lowest BCUT2D eigenvalue weighted by atomic mass is 9.97. The number of thiophene rings is 2. The Morgan fingerprint density at radius 3 is 1.46 bits per heavy atom. The van der Waals surface area contributed by atoms with E-state index in [-0.39, 0.29) is 12.1 Å². The molecule has 0 fully saturated rings. The minimum absolute atomic E-state index is 0.159. The van der Waals surface area contributed by atoms with Crippen LogP contribution >= 0.6 is 22.7 Å². The fourth-order valence-electron chi connectivity index (χ4n) is 5.08. The van der Waals surface area contributed by atoms with Crippen LogP contribution in [0.5, 0.6) is 0 Å². The van der Waals surface area contributed by atoms with Crippen LogP contribution in [0.1, 0.15) is 87.0 Å². The Kier molecular flexibility index (Phi) is 7.97. The van der Waals surface area contributed by atoms with Gasteiger partial charge < -0.3 is 0 Å². The first-order chi connectivity index (χ1) is 18.0. The average Bonchev–Trinajstić information content (AvgIpc) is 3.64. The zero-order valence-corrected chi connectivity index (χ0v) is 23.7. The zero-order valence-electron chi connectivity index (χ0n) is 22.1. The lowest BCUT2D eigenvalue weighted by Gasteiger charge is -2.07. The number of rotatable bonds is 8. The van der Waals surface area contributed by atoms with Crippen molar-refractivity contribution in [2.45, 2.75) is 59.0 Å². The summed E-state index contributed by atoms with van der Waals surface area (Å²) in [6.45, 7) is 8.83. The third-order valence-corrected chi connectivity index (χ3v) is 9.13. The van der Waals surface area contributed by atoms with Crippen LogP contribution < -0.4 is 0 Å². The Bertz CT molecular complexity index is 1330. The van der Waals surface area contributed by atoms with Gasteiger partial charge in [-0.15, -0.1) is 22.7 Å². The highest BCUT2D eigenvalue weighted by atomic mass is 32.1. The second kappa shape index (κ2) is 11.5. The predicted molar refractivity (Wildman–Crippen MR) is 164 cm³/mol. The topological polar surface area (TPSA) is 24.7 Å². The average molecular weight is 523 g/mol. The number of hydrogen-bond acceptors (Lipinski definition) is 4. The first-order valence-corrected chi connectivity index (χ1v) is 14.7. The number of nitrogens with zero attached hydrogens (tertiary/aromatic N) is 2.